The molecule has 0 atom stereocenters. The number of nitrogens with two attached hydrogens (primary N) is 1. The highest BCUT2D eigenvalue weighted by Gasteiger charge is 2.25. The molecule has 3 nitrogen and oxygen atoms in total. The molecule has 0 amide bonds. The maximum Gasteiger partial charge on any atom is 0.129 e. The Hall–Kier alpha value is -1.51. The summed E-state index contributed by atoms with van der Waals surface area (Å²) in [5.41, 5.74) is 8.33. The van der Waals surface area contributed by atoms with Crippen LogP contribution in [0.2, 0.25) is 0 Å². The molecule has 0 spiro atoms. The van der Waals surface area contributed by atoms with Gasteiger partial charge in [0.2, 0.25) is 0 Å². The van der Waals surface area contributed by atoms with Gasteiger partial charge in [-0.2, -0.15) is 0 Å². The number of nitrogens with zero attached hydrogens (tertiary/aromatic N) is 2. The summed E-state index contributed by atoms with van der Waals surface area (Å²) in [6, 6.07) is 9.02. The van der Waals surface area contributed by atoms with Crippen LogP contribution in [0.4, 0.5) is 5.69 Å². The van der Waals surface area contributed by atoms with Crippen molar-refractivity contribution in [3.8, 4) is 0 Å². The number of benzene rings is 1. The number of hydrogen-bond acceptors (Lipinski definition) is 3. The lowest BCUT2D eigenvalue weighted by molar-refractivity contribution is 0.415. The summed E-state index contributed by atoms with van der Waals surface area (Å²) < 4.78 is 0. The van der Waals surface area contributed by atoms with Crippen molar-refractivity contribution in [1.82, 2.24) is 0 Å². The first-order chi connectivity index (χ1) is 8.36. The standard InChI is InChI=1S/C14H19N3/c15-14-12-8-4-5-9-13(12)17(10-16-14)11-6-2-1-3-7-11/h4-5,8-9,11H,1-3,6-7,10H2,(H2,15,16). The molecular weight excluding hydrogens is 210 g/mol. The quantitative estimate of drug-likeness (QED) is 0.804. The van der Waals surface area contributed by atoms with Crippen LogP contribution in [-0.4, -0.2) is 18.5 Å². The second kappa shape index (κ2) is 4.40. The van der Waals surface area contributed by atoms with Crippen LogP contribution >= 0.6 is 0 Å². The number of amidine groups is 1. The van der Waals surface area contributed by atoms with Crippen molar-refractivity contribution in [3.05, 3.63) is 29.8 Å². The van der Waals surface area contributed by atoms with Gasteiger partial charge >= 0.3 is 0 Å². The molecule has 0 aromatic heterocycles. The van der Waals surface area contributed by atoms with Crippen LogP contribution < -0.4 is 10.6 Å². The first-order valence-electron chi connectivity index (χ1n) is 6.52. The third-order valence-corrected chi connectivity index (χ3v) is 3.90. The van der Waals surface area contributed by atoms with Crippen molar-refractivity contribution in [1.29, 1.82) is 0 Å². The van der Waals surface area contributed by atoms with E-state index in [1.165, 1.54) is 37.8 Å². The van der Waals surface area contributed by atoms with E-state index in [9.17, 15) is 0 Å². The van der Waals surface area contributed by atoms with E-state index in [0.29, 0.717) is 11.9 Å². The van der Waals surface area contributed by atoms with E-state index in [2.05, 4.69) is 28.1 Å². The highest BCUT2D eigenvalue weighted by Crippen LogP contribution is 2.31. The van der Waals surface area contributed by atoms with Gasteiger partial charge in [0.15, 0.2) is 0 Å². The lowest BCUT2D eigenvalue weighted by Crippen LogP contribution is -2.41. The lowest BCUT2D eigenvalue weighted by atomic mass is 9.93. The monoisotopic (exact) mass is 229 g/mol. The Morgan fingerprint density at radius 1 is 1.12 bits per heavy atom. The first-order valence-corrected chi connectivity index (χ1v) is 6.52. The van der Waals surface area contributed by atoms with Crippen LogP contribution in [0.5, 0.6) is 0 Å². The van der Waals surface area contributed by atoms with Gasteiger partial charge in [-0.3, -0.25) is 0 Å². The summed E-state index contributed by atoms with van der Waals surface area (Å²) in [4.78, 5) is 6.88. The summed E-state index contributed by atoms with van der Waals surface area (Å²) in [7, 11) is 0. The average Bonchev–Trinajstić information content (AvgIpc) is 2.41. The van der Waals surface area contributed by atoms with Crippen LogP contribution in [0.3, 0.4) is 0 Å². The van der Waals surface area contributed by atoms with Crippen molar-refractivity contribution >= 4 is 11.5 Å². The lowest BCUT2D eigenvalue weighted by Gasteiger charge is -2.38. The molecule has 1 aromatic rings. The van der Waals surface area contributed by atoms with E-state index in [-0.39, 0.29) is 0 Å². The van der Waals surface area contributed by atoms with Gasteiger partial charge in [0.1, 0.15) is 12.5 Å². The molecule has 3 rings (SSSR count). The number of aliphatic imine (C=N–C) groups is 1. The van der Waals surface area contributed by atoms with Gasteiger partial charge in [-0.1, -0.05) is 31.4 Å². The Balaban J connectivity index is 1.92. The van der Waals surface area contributed by atoms with Crippen molar-refractivity contribution in [2.45, 2.75) is 38.1 Å². The molecule has 0 bridgehead atoms. The molecule has 17 heavy (non-hydrogen) atoms. The molecule has 1 aliphatic carbocycles. The second-order valence-electron chi connectivity index (χ2n) is 4.96. The molecule has 0 unspecified atom stereocenters. The van der Waals surface area contributed by atoms with Gasteiger partial charge in [-0.25, -0.2) is 4.99 Å². The SMILES string of the molecule is NC1=NCN(C2CCCCC2)c2ccccc21. The van der Waals surface area contributed by atoms with E-state index in [4.69, 9.17) is 5.73 Å². The molecule has 1 fully saturated rings. The summed E-state index contributed by atoms with van der Waals surface area (Å²) >= 11 is 0. The van der Waals surface area contributed by atoms with Crippen molar-refractivity contribution in [2.24, 2.45) is 10.7 Å². The van der Waals surface area contributed by atoms with Crippen LogP contribution in [0.25, 0.3) is 0 Å². The van der Waals surface area contributed by atoms with Gasteiger partial charge in [-0.05, 0) is 25.0 Å². The normalized spacial score (nSPS) is 20.9. The fraction of sp³-hybridized carbons (Fsp3) is 0.500. The van der Waals surface area contributed by atoms with Crippen LogP contribution in [0, 0.1) is 0 Å². The predicted molar refractivity (Wildman–Crippen MR) is 71.4 cm³/mol. The molecular formula is C14H19N3. The van der Waals surface area contributed by atoms with Gasteiger partial charge < -0.3 is 10.6 Å². The van der Waals surface area contributed by atoms with E-state index in [0.717, 1.165) is 12.2 Å². The predicted octanol–water partition coefficient (Wildman–Crippen LogP) is 2.50. The van der Waals surface area contributed by atoms with Gasteiger partial charge in [0, 0.05) is 17.3 Å². The minimum atomic E-state index is 0.654. The summed E-state index contributed by atoms with van der Waals surface area (Å²) in [5, 5.41) is 0. The van der Waals surface area contributed by atoms with Crippen LogP contribution in [0.15, 0.2) is 29.3 Å². The molecule has 1 aromatic carbocycles. The van der Waals surface area contributed by atoms with Crippen LogP contribution in [0.1, 0.15) is 37.7 Å². The van der Waals surface area contributed by atoms with Crippen molar-refractivity contribution < 1.29 is 0 Å². The molecule has 1 saturated carbocycles. The second-order valence-corrected chi connectivity index (χ2v) is 4.96. The zero-order chi connectivity index (χ0) is 11.7. The maximum absolute atomic E-state index is 5.96. The Bertz CT molecular complexity index is 433. The van der Waals surface area contributed by atoms with Gasteiger partial charge in [0.05, 0.1) is 0 Å². The highest BCUT2D eigenvalue weighted by molar-refractivity contribution is 6.03. The minimum absolute atomic E-state index is 0.654. The fourth-order valence-electron chi connectivity index (χ4n) is 2.96. The summed E-state index contributed by atoms with van der Waals surface area (Å²) in [6.45, 7) is 0.730. The number of fused-ring (bicyclic) bond motifs is 1. The Labute approximate surface area is 102 Å². The van der Waals surface area contributed by atoms with Crippen LogP contribution in [-0.2, 0) is 0 Å². The minimum Gasteiger partial charge on any atom is -0.383 e. The molecule has 1 heterocycles. The third kappa shape index (κ3) is 1.90. The molecule has 1 aliphatic heterocycles. The molecule has 0 saturated heterocycles. The number of para-hydroxylation sites is 1. The zero-order valence-electron chi connectivity index (χ0n) is 10.1. The van der Waals surface area contributed by atoms with E-state index in [1.807, 2.05) is 6.07 Å². The molecule has 0 radical (unpaired) electrons. The zero-order valence-corrected chi connectivity index (χ0v) is 10.1. The molecule has 3 heteroatoms. The third-order valence-electron chi connectivity index (χ3n) is 3.90. The highest BCUT2D eigenvalue weighted by atomic mass is 15.3. The molecule has 2 aliphatic rings. The van der Waals surface area contributed by atoms with E-state index < -0.39 is 0 Å². The summed E-state index contributed by atoms with van der Waals surface area (Å²) in [6.07, 6.45) is 6.68. The van der Waals surface area contributed by atoms with Gasteiger partial charge in [-0.15, -0.1) is 0 Å². The van der Waals surface area contributed by atoms with E-state index >= 15 is 0 Å². The number of rotatable bonds is 1. The van der Waals surface area contributed by atoms with Crippen molar-refractivity contribution in [2.75, 3.05) is 11.6 Å². The maximum atomic E-state index is 5.96. The largest absolute Gasteiger partial charge is 0.383 e. The Kier molecular flexibility index (Phi) is 2.75. The summed E-state index contributed by atoms with van der Waals surface area (Å²) in [5.74, 6) is 0.688. The number of anilines is 1. The first kappa shape index (κ1) is 10.6. The molecule has 2 N–H and O–H groups in total. The molecule has 90 valence electrons. The number of hydrogen-bond donors (Lipinski definition) is 1. The van der Waals surface area contributed by atoms with E-state index in [1.54, 1.807) is 0 Å². The smallest absolute Gasteiger partial charge is 0.129 e. The average molecular weight is 229 g/mol. The Morgan fingerprint density at radius 2 is 1.88 bits per heavy atom. The van der Waals surface area contributed by atoms with Crippen molar-refractivity contribution in [3.63, 3.8) is 0 Å². The van der Waals surface area contributed by atoms with Gasteiger partial charge in [0.25, 0.3) is 0 Å². The fourth-order valence-corrected chi connectivity index (χ4v) is 2.96. The topological polar surface area (TPSA) is 41.6 Å². The Morgan fingerprint density at radius 3 is 2.71 bits per heavy atom.